The Labute approximate surface area is 105 Å². The molecule has 0 bridgehead atoms. The van der Waals surface area contributed by atoms with Crippen molar-refractivity contribution in [1.29, 1.82) is 0 Å². The van der Waals surface area contributed by atoms with Crippen LogP contribution in [0.15, 0.2) is 30.6 Å². The predicted octanol–water partition coefficient (Wildman–Crippen LogP) is 1.82. The van der Waals surface area contributed by atoms with Crippen molar-refractivity contribution >= 4 is 17.3 Å². The Morgan fingerprint density at radius 2 is 1.89 bits per heavy atom. The van der Waals surface area contributed by atoms with E-state index in [2.05, 4.69) is 15.3 Å². The number of nitrogens with one attached hydrogen (secondary N) is 1. The molecule has 0 aliphatic heterocycles. The first-order valence-electron chi connectivity index (χ1n) is 5.30. The zero-order valence-corrected chi connectivity index (χ0v) is 10.2. The number of para-hydroxylation sites is 2. The Balaban J connectivity index is 2.37. The molecule has 6 nitrogen and oxygen atoms in total. The van der Waals surface area contributed by atoms with Crippen LogP contribution in [0.2, 0.25) is 0 Å². The van der Waals surface area contributed by atoms with E-state index in [1.165, 1.54) is 13.4 Å². The van der Waals surface area contributed by atoms with Gasteiger partial charge in [-0.2, -0.15) is 0 Å². The lowest BCUT2D eigenvalue weighted by Crippen LogP contribution is -2.03. The van der Waals surface area contributed by atoms with Crippen molar-refractivity contribution in [3.05, 3.63) is 30.6 Å². The normalized spacial score (nSPS) is 9.89. The third-order valence-corrected chi connectivity index (χ3v) is 2.40. The molecule has 0 spiro atoms. The highest BCUT2D eigenvalue weighted by Gasteiger charge is 2.11. The van der Waals surface area contributed by atoms with Gasteiger partial charge in [-0.1, -0.05) is 12.1 Å². The minimum Gasteiger partial charge on any atom is -0.495 e. The fourth-order valence-electron chi connectivity index (χ4n) is 1.55. The van der Waals surface area contributed by atoms with Crippen molar-refractivity contribution in [2.24, 2.45) is 0 Å². The molecule has 1 heterocycles. The lowest BCUT2D eigenvalue weighted by atomic mass is 10.3. The van der Waals surface area contributed by atoms with Crippen molar-refractivity contribution in [2.45, 2.75) is 0 Å². The van der Waals surface area contributed by atoms with Gasteiger partial charge < -0.3 is 20.5 Å². The van der Waals surface area contributed by atoms with E-state index in [1.54, 1.807) is 7.11 Å². The molecule has 2 rings (SSSR count). The number of methoxy groups -OCH3 is 2. The fourth-order valence-corrected chi connectivity index (χ4v) is 1.55. The van der Waals surface area contributed by atoms with E-state index < -0.39 is 0 Å². The second-order valence-corrected chi connectivity index (χ2v) is 3.47. The van der Waals surface area contributed by atoms with Crippen LogP contribution in [0.3, 0.4) is 0 Å². The molecule has 0 radical (unpaired) electrons. The molecule has 3 N–H and O–H groups in total. The molecule has 0 aliphatic carbocycles. The topological polar surface area (TPSA) is 82.3 Å². The minimum atomic E-state index is 0.282. The number of nitrogen functional groups attached to an aromatic ring is 1. The number of hydrogen-bond acceptors (Lipinski definition) is 6. The molecule has 6 heteroatoms. The molecule has 1 aromatic heterocycles. The van der Waals surface area contributed by atoms with E-state index in [0.717, 1.165) is 5.69 Å². The van der Waals surface area contributed by atoms with Gasteiger partial charge in [0.2, 0.25) is 5.75 Å². The van der Waals surface area contributed by atoms with Crippen LogP contribution in [-0.2, 0) is 0 Å². The first-order valence-corrected chi connectivity index (χ1v) is 5.30. The number of hydrogen-bond donors (Lipinski definition) is 2. The molecular formula is C12H14N4O2. The van der Waals surface area contributed by atoms with Crippen LogP contribution in [0.4, 0.5) is 17.3 Å². The van der Waals surface area contributed by atoms with Crippen molar-refractivity contribution in [1.82, 2.24) is 9.97 Å². The van der Waals surface area contributed by atoms with Gasteiger partial charge in [0.15, 0.2) is 11.6 Å². The summed E-state index contributed by atoms with van der Waals surface area (Å²) >= 11 is 0. The Bertz CT molecular complexity index is 545. The summed E-state index contributed by atoms with van der Waals surface area (Å²) < 4.78 is 10.4. The third-order valence-electron chi connectivity index (χ3n) is 2.40. The van der Waals surface area contributed by atoms with Crippen molar-refractivity contribution in [3.63, 3.8) is 0 Å². The molecule has 0 fully saturated rings. The summed E-state index contributed by atoms with van der Waals surface area (Å²) in [5.41, 5.74) is 6.48. The zero-order valence-electron chi connectivity index (χ0n) is 10.2. The van der Waals surface area contributed by atoms with Gasteiger partial charge in [-0.3, -0.25) is 0 Å². The van der Waals surface area contributed by atoms with Gasteiger partial charge in [0.1, 0.15) is 12.1 Å². The first-order chi connectivity index (χ1) is 8.76. The quantitative estimate of drug-likeness (QED) is 0.856. The zero-order chi connectivity index (χ0) is 13.0. The Morgan fingerprint density at radius 3 is 2.61 bits per heavy atom. The van der Waals surface area contributed by atoms with E-state index in [1.807, 2.05) is 24.3 Å². The highest BCUT2D eigenvalue weighted by molar-refractivity contribution is 5.71. The Hall–Kier alpha value is -2.50. The highest BCUT2D eigenvalue weighted by Crippen LogP contribution is 2.32. The monoisotopic (exact) mass is 246 g/mol. The van der Waals surface area contributed by atoms with Gasteiger partial charge in [0.25, 0.3) is 0 Å². The summed E-state index contributed by atoms with van der Waals surface area (Å²) in [6.45, 7) is 0. The molecule has 0 saturated carbocycles. The number of nitrogens with two attached hydrogens (primary N) is 1. The number of nitrogens with zero attached hydrogens (tertiary/aromatic N) is 2. The Morgan fingerprint density at radius 1 is 1.11 bits per heavy atom. The van der Waals surface area contributed by atoms with Crippen LogP contribution in [0.1, 0.15) is 0 Å². The van der Waals surface area contributed by atoms with Gasteiger partial charge in [0.05, 0.1) is 19.9 Å². The number of benzene rings is 1. The molecule has 18 heavy (non-hydrogen) atoms. The van der Waals surface area contributed by atoms with E-state index in [-0.39, 0.29) is 5.82 Å². The van der Waals surface area contributed by atoms with Crippen molar-refractivity contribution < 1.29 is 9.47 Å². The van der Waals surface area contributed by atoms with Gasteiger partial charge in [0, 0.05) is 0 Å². The predicted molar refractivity (Wildman–Crippen MR) is 69.3 cm³/mol. The summed E-state index contributed by atoms with van der Waals surface area (Å²) in [5, 5.41) is 3.10. The maximum Gasteiger partial charge on any atom is 0.204 e. The maximum atomic E-state index is 5.71. The molecular weight excluding hydrogens is 232 g/mol. The number of rotatable bonds is 4. The van der Waals surface area contributed by atoms with E-state index in [9.17, 15) is 0 Å². The summed E-state index contributed by atoms with van der Waals surface area (Å²) in [7, 11) is 3.12. The SMILES string of the molecule is COc1ccccc1Nc1ncnc(N)c1OC. The van der Waals surface area contributed by atoms with Crippen LogP contribution in [0.25, 0.3) is 0 Å². The second kappa shape index (κ2) is 5.22. The molecule has 1 aromatic carbocycles. The van der Waals surface area contributed by atoms with Crippen molar-refractivity contribution in [3.8, 4) is 11.5 Å². The summed E-state index contributed by atoms with van der Waals surface area (Å²) in [6, 6.07) is 7.49. The summed E-state index contributed by atoms with van der Waals surface area (Å²) in [4.78, 5) is 7.96. The lowest BCUT2D eigenvalue weighted by molar-refractivity contribution is 0.413. The molecule has 0 aliphatic rings. The minimum absolute atomic E-state index is 0.282. The largest absolute Gasteiger partial charge is 0.495 e. The van der Waals surface area contributed by atoms with Gasteiger partial charge in [-0.05, 0) is 12.1 Å². The average molecular weight is 246 g/mol. The van der Waals surface area contributed by atoms with E-state index >= 15 is 0 Å². The standard InChI is InChI=1S/C12H14N4O2/c1-17-9-6-4-3-5-8(9)16-12-10(18-2)11(13)14-7-15-12/h3-7H,1-2H3,(H3,13,14,15,16). The molecule has 0 amide bonds. The second-order valence-electron chi connectivity index (χ2n) is 3.47. The van der Waals surface area contributed by atoms with Gasteiger partial charge >= 0.3 is 0 Å². The fraction of sp³-hybridized carbons (Fsp3) is 0.167. The first kappa shape index (κ1) is 12.0. The van der Waals surface area contributed by atoms with E-state index in [0.29, 0.717) is 17.3 Å². The van der Waals surface area contributed by atoms with E-state index in [4.69, 9.17) is 15.2 Å². The van der Waals surface area contributed by atoms with Crippen LogP contribution < -0.4 is 20.5 Å². The van der Waals surface area contributed by atoms with Crippen molar-refractivity contribution in [2.75, 3.05) is 25.3 Å². The Kier molecular flexibility index (Phi) is 3.47. The maximum absolute atomic E-state index is 5.71. The van der Waals surface area contributed by atoms with Crippen LogP contribution in [-0.4, -0.2) is 24.2 Å². The number of ether oxygens (including phenoxy) is 2. The smallest absolute Gasteiger partial charge is 0.204 e. The lowest BCUT2D eigenvalue weighted by Gasteiger charge is -2.13. The highest BCUT2D eigenvalue weighted by atomic mass is 16.5. The van der Waals surface area contributed by atoms with Crippen LogP contribution in [0, 0.1) is 0 Å². The van der Waals surface area contributed by atoms with Gasteiger partial charge in [-0.15, -0.1) is 0 Å². The molecule has 0 saturated heterocycles. The molecule has 94 valence electrons. The average Bonchev–Trinajstić information content (AvgIpc) is 2.40. The van der Waals surface area contributed by atoms with Crippen LogP contribution in [0.5, 0.6) is 11.5 Å². The number of aromatic nitrogens is 2. The van der Waals surface area contributed by atoms with Gasteiger partial charge in [-0.25, -0.2) is 9.97 Å². The number of anilines is 3. The summed E-state index contributed by atoms with van der Waals surface area (Å²) in [5.74, 6) is 1.89. The third kappa shape index (κ3) is 2.27. The summed E-state index contributed by atoms with van der Waals surface area (Å²) in [6.07, 6.45) is 1.37. The molecule has 0 atom stereocenters. The molecule has 2 aromatic rings. The molecule has 0 unspecified atom stereocenters. The van der Waals surface area contributed by atoms with Crippen LogP contribution >= 0.6 is 0 Å².